The third-order valence-corrected chi connectivity index (χ3v) is 3.63. The van der Waals surface area contributed by atoms with E-state index in [1.807, 2.05) is 35.1 Å². The molecule has 5 nitrogen and oxygen atoms in total. The van der Waals surface area contributed by atoms with Crippen LogP contribution in [0, 0.1) is 0 Å². The summed E-state index contributed by atoms with van der Waals surface area (Å²) in [6.45, 7) is 0.489. The van der Waals surface area contributed by atoms with Gasteiger partial charge < -0.3 is 4.74 Å². The molecule has 1 aliphatic rings. The molecule has 0 aromatic carbocycles. The number of halogens is 1. The van der Waals surface area contributed by atoms with Gasteiger partial charge in [0.1, 0.15) is 16.9 Å². The van der Waals surface area contributed by atoms with Crippen molar-refractivity contribution in [2.75, 3.05) is 0 Å². The molecule has 0 radical (unpaired) electrons. The molecule has 3 aromatic heterocycles. The summed E-state index contributed by atoms with van der Waals surface area (Å²) in [7, 11) is 0. The number of pyridine rings is 2. The first kappa shape index (κ1) is 11.6. The average Bonchev–Trinajstić information content (AvgIpc) is 2.92. The van der Waals surface area contributed by atoms with Gasteiger partial charge in [0.15, 0.2) is 0 Å². The molecular weight excluding hydrogens is 320 g/mol. The fourth-order valence-corrected chi connectivity index (χ4v) is 2.44. The summed E-state index contributed by atoms with van der Waals surface area (Å²) >= 11 is 3.33. The fraction of sp³-hybridized carbons (Fsp3) is 0.0714. The van der Waals surface area contributed by atoms with E-state index in [2.05, 4.69) is 31.0 Å². The first-order valence-corrected chi connectivity index (χ1v) is 6.89. The number of rotatable bonds is 1. The molecule has 3 aromatic rings. The molecular formula is C14H9BrN4O. The van der Waals surface area contributed by atoms with Crippen molar-refractivity contribution in [1.29, 1.82) is 0 Å². The molecule has 0 N–H and O–H groups in total. The van der Waals surface area contributed by atoms with E-state index >= 15 is 0 Å². The van der Waals surface area contributed by atoms with Crippen LogP contribution in [-0.4, -0.2) is 19.7 Å². The van der Waals surface area contributed by atoms with Gasteiger partial charge in [-0.2, -0.15) is 5.10 Å². The average molecular weight is 329 g/mol. The van der Waals surface area contributed by atoms with E-state index in [0.717, 1.165) is 27.1 Å². The van der Waals surface area contributed by atoms with Crippen LogP contribution in [0.4, 0.5) is 0 Å². The molecule has 0 saturated carbocycles. The van der Waals surface area contributed by atoms with Gasteiger partial charge >= 0.3 is 0 Å². The molecule has 0 fully saturated rings. The van der Waals surface area contributed by atoms with Crippen LogP contribution >= 0.6 is 15.9 Å². The van der Waals surface area contributed by atoms with Gasteiger partial charge in [-0.15, -0.1) is 0 Å². The Labute approximate surface area is 123 Å². The summed E-state index contributed by atoms with van der Waals surface area (Å²) in [6, 6.07) is 7.71. The largest absolute Gasteiger partial charge is 0.472 e. The summed E-state index contributed by atoms with van der Waals surface area (Å²) in [6.07, 6.45) is 5.46. The summed E-state index contributed by atoms with van der Waals surface area (Å²) < 4.78 is 8.25. The molecule has 98 valence electrons. The zero-order valence-electron chi connectivity index (χ0n) is 10.3. The molecule has 0 saturated heterocycles. The highest BCUT2D eigenvalue weighted by Gasteiger charge is 2.21. The lowest BCUT2D eigenvalue weighted by Crippen LogP contribution is -2.05. The Morgan fingerprint density at radius 1 is 1.20 bits per heavy atom. The highest BCUT2D eigenvalue weighted by Crippen LogP contribution is 2.34. The molecule has 0 spiro atoms. The Morgan fingerprint density at radius 2 is 2.15 bits per heavy atom. The van der Waals surface area contributed by atoms with Crippen LogP contribution in [0.25, 0.3) is 16.9 Å². The Morgan fingerprint density at radius 3 is 3.00 bits per heavy atom. The SMILES string of the molecule is Brc1ccc(-n2cc3c(n2)-c2cccnc2OC3)cn1. The molecule has 0 bridgehead atoms. The first-order valence-electron chi connectivity index (χ1n) is 6.10. The molecule has 0 aliphatic carbocycles. The molecule has 6 heteroatoms. The van der Waals surface area contributed by atoms with E-state index in [0.29, 0.717) is 12.5 Å². The minimum atomic E-state index is 0.489. The summed E-state index contributed by atoms with van der Waals surface area (Å²) in [5.41, 5.74) is 3.81. The Balaban J connectivity index is 1.84. The summed E-state index contributed by atoms with van der Waals surface area (Å²) in [5.74, 6) is 0.638. The molecule has 0 amide bonds. The zero-order valence-corrected chi connectivity index (χ0v) is 11.9. The topological polar surface area (TPSA) is 52.8 Å². The van der Waals surface area contributed by atoms with Gasteiger partial charge in [0.2, 0.25) is 5.88 Å². The van der Waals surface area contributed by atoms with E-state index in [9.17, 15) is 0 Å². The Bertz CT molecular complexity index is 782. The molecule has 0 unspecified atom stereocenters. The zero-order chi connectivity index (χ0) is 13.5. The quantitative estimate of drug-likeness (QED) is 0.644. The summed E-state index contributed by atoms with van der Waals surface area (Å²) in [4.78, 5) is 8.44. The molecule has 4 rings (SSSR count). The van der Waals surface area contributed by atoms with E-state index in [-0.39, 0.29) is 0 Å². The minimum Gasteiger partial charge on any atom is -0.472 e. The van der Waals surface area contributed by atoms with Crippen molar-refractivity contribution in [3.8, 4) is 22.8 Å². The van der Waals surface area contributed by atoms with E-state index in [4.69, 9.17) is 4.74 Å². The van der Waals surface area contributed by atoms with Gasteiger partial charge in [0.05, 0.1) is 17.4 Å². The maximum absolute atomic E-state index is 5.63. The van der Waals surface area contributed by atoms with Crippen molar-refractivity contribution in [1.82, 2.24) is 19.7 Å². The van der Waals surface area contributed by atoms with E-state index < -0.39 is 0 Å². The van der Waals surface area contributed by atoms with Crippen LogP contribution in [0.2, 0.25) is 0 Å². The van der Waals surface area contributed by atoms with Crippen LogP contribution in [0.3, 0.4) is 0 Å². The third kappa shape index (κ3) is 1.80. The number of hydrogen-bond acceptors (Lipinski definition) is 4. The second kappa shape index (κ2) is 4.42. The smallest absolute Gasteiger partial charge is 0.223 e. The van der Waals surface area contributed by atoms with Crippen LogP contribution in [0.1, 0.15) is 5.56 Å². The van der Waals surface area contributed by atoms with Gasteiger partial charge in [0.25, 0.3) is 0 Å². The Kier molecular flexibility index (Phi) is 2.56. The first-order chi connectivity index (χ1) is 9.81. The van der Waals surface area contributed by atoms with Gasteiger partial charge in [0, 0.05) is 18.0 Å². The number of hydrogen-bond donors (Lipinski definition) is 0. The Hall–Kier alpha value is -2.21. The maximum Gasteiger partial charge on any atom is 0.223 e. The van der Waals surface area contributed by atoms with Crippen molar-refractivity contribution in [2.24, 2.45) is 0 Å². The lowest BCUT2D eigenvalue weighted by molar-refractivity contribution is 0.290. The van der Waals surface area contributed by atoms with Crippen LogP contribution in [0.5, 0.6) is 5.88 Å². The number of ether oxygens (including phenoxy) is 1. The predicted molar refractivity (Wildman–Crippen MR) is 76.6 cm³/mol. The van der Waals surface area contributed by atoms with E-state index in [1.165, 1.54) is 0 Å². The lowest BCUT2D eigenvalue weighted by Gasteiger charge is -2.14. The molecule has 20 heavy (non-hydrogen) atoms. The van der Waals surface area contributed by atoms with Crippen molar-refractivity contribution < 1.29 is 4.74 Å². The van der Waals surface area contributed by atoms with Crippen LogP contribution in [0.15, 0.2) is 47.5 Å². The molecule has 0 atom stereocenters. The van der Waals surface area contributed by atoms with Gasteiger partial charge in [-0.25, -0.2) is 14.6 Å². The number of nitrogens with zero attached hydrogens (tertiary/aromatic N) is 4. The normalized spacial score (nSPS) is 12.4. The van der Waals surface area contributed by atoms with Crippen molar-refractivity contribution in [2.45, 2.75) is 6.61 Å². The van der Waals surface area contributed by atoms with Crippen molar-refractivity contribution >= 4 is 15.9 Å². The standard InChI is InChI=1S/C14H9BrN4O/c15-12-4-3-10(6-17-12)19-7-9-8-20-14-11(13(9)18-19)2-1-5-16-14/h1-7H,8H2. The molecule has 1 aliphatic heterocycles. The van der Waals surface area contributed by atoms with Crippen LogP contribution < -0.4 is 4.74 Å². The highest BCUT2D eigenvalue weighted by molar-refractivity contribution is 9.10. The minimum absolute atomic E-state index is 0.489. The maximum atomic E-state index is 5.63. The number of aromatic nitrogens is 4. The third-order valence-electron chi connectivity index (χ3n) is 3.16. The summed E-state index contributed by atoms with van der Waals surface area (Å²) in [5, 5.41) is 4.63. The van der Waals surface area contributed by atoms with Gasteiger partial charge in [-0.3, -0.25) is 0 Å². The molecule has 4 heterocycles. The van der Waals surface area contributed by atoms with Gasteiger partial charge in [-0.05, 0) is 40.2 Å². The predicted octanol–water partition coefficient (Wildman–Crippen LogP) is 2.98. The van der Waals surface area contributed by atoms with Crippen LogP contribution in [-0.2, 0) is 6.61 Å². The monoisotopic (exact) mass is 328 g/mol. The van der Waals surface area contributed by atoms with Gasteiger partial charge in [-0.1, -0.05) is 0 Å². The lowest BCUT2D eigenvalue weighted by atomic mass is 10.1. The number of fused-ring (bicyclic) bond motifs is 3. The van der Waals surface area contributed by atoms with Crippen molar-refractivity contribution in [3.05, 3.63) is 53.0 Å². The highest BCUT2D eigenvalue weighted by atomic mass is 79.9. The van der Waals surface area contributed by atoms with Crippen molar-refractivity contribution in [3.63, 3.8) is 0 Å². The fourth-order valence-electron chi connectivity index (χ4n) is 2.21. The second-order valence-electron chi connectivity index (χ2n) is 4.43. The van der Waals surface area contributed by atoms with E-state index in [1.54, 1.807) is 12.4 Å². The second-order valence-corrected chi connectivity index (χ2v) is 5.24.